The molecular weight excluding hydrogens is 404 g/mol. The van der Waals surface area contributed by atoms with E-state index in [1.165, 1.54) is 0 Å². The molecule has 0 atom stereocenters. The molecule has 4 nitrogen and oxygen atoms in total. The summed E-state index contributed by atoms with van der Waals surface area (Å²) in [6, 6.07) is 31.7. The van der Waals surface area contributed by atoms with Crippen LogP contribution in [0.2, 0.25) is 5.02 Å². The maximum Gasteiger partial charge on any atom is 0.164 e. The van der Waals surface area contributed by atoms with Crippen molar-refractivity contribution in [1.82, 2.24) is 19.9 Å². The molecule has 2 aromatic heterocycles. The first-order valence-electron chi connectivity index (χ1n) is 9.85. The molecule has 0 saturated carbocycles. The van der Waals surface area contributed by atoms with Gasteiger partial charge >= 0.3 is 0 Å². The molecule has 0 aliphatic rings. The van der Waals surface area contributed by atoms with Crippen LogP contribution < -0.4 is 0 Å². The van der Waals surface area contributed by atoms with Crippen molar-refractivity contribution in [2.24, 2.45) is 0 Å². The van der Waals surface area contributed by atoms with Crippen molar-refractivity contribution in [3.8, 4) is 45.4 Å². The summed E-state index contributed by atoms with van der Waals surface area (Å²) in [5.41, 5.74) is 4.67. The van der Waals surface area contributed by atoms with Crippen molar-refractivity contribution in [3.05, 3.63) is 108 Å². The van der Waals surface area contributed by atoms with E-state index >= 15 is 0 Å². The van der Waals surface area contributed by atoms with Gasteiger partial charge in [0, 0.05) is 28.5 Å². The topological polar surface area (TPSA) is 51.6 Å². The van der Waals surface area contributed by atoms with Crippen molar-refractivity contribution in [2.75, 3.05) is 0 Å². The summed E-state index contributed by atoms with van der Waals surface area (Å²) >= 11 is 5.95. The summed E-state index contributed by atoms with van der Waals surface area (Å²) in [5, 5.41) is 0.618. The van der Waals surface area contributed by atoms with Crippen molar-refractivity contribution in [3.63, 3.8) is 0 Å². The predicted octanol–water partition coefficient (Wildman–Crippen LogP) is 6.59. The van der Waals surface area contributed by atoms with Gasteiger partial charge in [0.05, 0.1) is 10.7 Å². The van der Waals surface area contributed by atoms with Crippen LogP contribution >= 0.6 is 11.6 Å². The van der Waals surface area contributed by atoms with E-state index in [2.05, 4.69) is 4.98 Å². The van der Waals surface area contributed by atoms with Gasteiger partial charge in [0.2, 0.25) is 0 Å². The number of rotatable bonds is 4. The van der Waals surface area contributed by atoms with E-state index in [9.17, 15) is 0 Å². The highest BCUT2D eigenvalue weighted by molar-refractivity contribution is 6.30. The Labute approximate surface area is 185 Å². The van der Waals surface area contributed by atoms with Crippen molar-refractivity contribution < 1.29 is 0 Å². The first-order valence-corrected chi connectivity index (χ1v) is 10.2. The lowest BCUT2D eigenvalue weighted by molar-refractivity contribution is 1.07. The molecule has 0 spiro atoms. The molecule has 0 saturated heterocycles. The van der Waals surface area contributed by atoms with E-state index < -0.39 is 0 Å². The van der Waals surface area contributed by atoms with E-state index in [4.69, 9.17) is 26.6 Å². The number of halogens is 1. The number of hydrogen-bond acceptors (Lipinski definition) is 4. The highest BCUT2D eigenvalue weighted by atomic mass is 35.5. The lowest BCUT2D eigenvalue weighted by atomic mass is 10.1. The van der Waals surface area contributed by atoms with Crippen molar-refractivity contribution in [2.45, 2.75) is 0 Å². The van der Waals surface area contributed by atoms with Crippen LogP contribution in [-0.4, -0.2) is 19.9 Å². The van der Waals surface area contributed by atoms with Crippen molar-refractivity contribution >= 4 is 11.6 Å². The van der Waals surface area contributed by atoms with Gasteiger partial charge in [0.25, 0.3) is 0 Å². The summed E-state index contributed by atoms with van der Waals surface area (Å²) in [6.45, 7) is 0. The Kier molecular flexibility index (Phi) is 5.21. The lowest BCUT2D eigenvalue weighted by Crippen LogP contribution is -2.00. The van der Waals surface area contributed by atoms with Gasteiger partial charge in [-0.15, -0.1) is 0 Å². The maximum atomic E-state index is 5.95. The van der Waals surface area contributed by atoms with Gasteiger partial charge in [-0.1, -0.05) is 96.5 Å². The third-order valence-electron chi connectivity index (χ3n) is 4.87. The average molecular weight is 421 g/mol. The highest BCUT2D eigenvalue weighted by Gasteiger charge is 2.12. The van der Waals surface area contributed by atoms with Gasteiger partial charge in [0.1, 0.15) is 0 Å². The molecule has 5 heteroatoms. The van der Waals surface area contributed by atoms with Crippen LogP contribution in [0.3, 0.4) is 0 Å². The number of nitrogens with zero attached hydrogens (tertiary/aromatic N) is 4. The zero-order valence-corrected chi connectivity index (χ0v) is 17.2. The van der Waals surface area contributed by atoms with Gasteiger partial charge in [0.15, 0.2) is 17.5 Å². The minimum absolute atomic E-state index is 0.618. The minimum atomic E-state index is 0.618. The molecule has 0 radical (unpaired) electrons. The Morgan fingerprint density at radius 1 is 0.452 bits per heavy atom. The first-order chi connectivity index (χ1) is 15.3. The molecule has 0 fully saturated rings. The third kappa shape index (κ3) is 4.20. The molecule has 31 heavy (non-hydrogen) atoms. The fourth-order valence-corrected chi connectivity index (χ4v) is 3.39. The summed E-state index contributed by atoms with van der Waals surface area (Å²) in [5.74, 6) is 1.92. The second kappa shape index (κ2) is 8.46. The molecule has 5 rings (SSSR count). The number of hydrogen-bond donors (Lipinski definition) is 0. The number of aromatic nitrogens is 4. The van der Waals surface area contributed by atoms with Crippen LogP contribution in [0.5, 0.6) is 0 Å². The Balaban J connectivity index is 1.58. The predicted molar refractivity (Wildman–Crippen MR) is 124 cm³/mol. The Morgan fingerprint density at radius 2 is 0.903 bits per heavy atom. The second-order valence-corrected chi connectivity index (χ2v) is 7.41. The van der Waals surface area contributed by atoms with Crippen LogP contribution in [0, 0.1) is 0 Å². The molecule has 2 heterocycles. The van der Waals surface area contributed by atoms with E-state index in [-0.39, 0.29) is 0 Å². The second-order valence-electron chi connectivity index (χ2n) is 6.98. The zero-order valence-electron chi connectivity index (χ0n) is 16.5. The minimum Gasteiger partial charge on any atom is -0.255 e. The standard InChI is InChI=1S/C26H17ClN4/c27-22-15-16-23(28-17-22)18-11-13-21(14-12-18)26-30-24(19-7-3-1-4-8-19)29-25(31-26)20-9-5-2-6-10-20/h1-17H. The van der Waals surface area contributed by atoms with Crippen LogP contribution in [0.1, 0.15) is 0 Å². The van der Waals surface area contributed by atoms with Gasteiger partial charge in [-0.2, -0.15) is 0 Å². The van der Waals surface area contributed by atoms with Gasteiger partial charge in [-0.05, 0) is 12.1 Å². The Morgan fingerprint density at radius 3 is 1.35 bits per heavy atom. The lowest BCUT2D eigenvalue weighted by Gasteiger charge is -2.09. The maximum absolute atomic E-state index is 5.95. The van der Waals surface area contributed by atoms with Gasteiger partial charge in [-0.25, -0.2) is 15.0 Å². The van der Waals surface area contributed by atoms with Crippen LogP contribution in [0.25, 0.3) is 45.4 Å². The largest absolute Gasteiger partial charge is 0.255 e. The fourth-order valence-electron chi connectivity index (χ4n) is 3.27. The zero-order chi connectivity index (χ0) is 21.0. The molecule has 0 unspecified atom stereocenters. The summed E-state index contributed by atoms with van der Waals surface area (Å²) in [4.78, 5) is 18.6. The molecule has 5 aromatic rings. The summed E-state index contributed by atoms with van der Waals surface area (Å²) < 4.78 is 0. The summed E-state index contributed by atoms with van der Waals surface area (Å²) in [7, 11) is 0. The monoisotopic (exact) mass is 420 g/mol. The van der Waals surface area contributed by atoms with Crippen LogP contribution in [-0.2, 0) is 0 Å². The van der Waals surface area contributed by atoms with E-state index in [1.54, 1.807) is 6.20 Å². The Hall–Kier alpha value is -3.89. The van der Waals surface area contributed by atoms with E-state index in [0.29, 0.717) is 22.5 Å². The molecule has 0 amide bonds. The molecule has 0 aliphatic heterocycles. The molecule has 3 aromatic carbocycles. The van der Waals surface area contributed by atoms with Crippen LogP contribution in [0.15, 0.2) is 103 Å². The summed E-state index contributed by atoms with van der Waals surface area (Å²) in [6.07, 6.45) is 1.65. The number of benzene rings is 3. The third-order valence-corrected chi connectivity index (χ3v) is 5.09. The van der Waals surface area contributed by atoms with E-state index in [0.717, 1.165) is 27.9 Å². The first kappa shape index (κ1) is 19.1. The van der Waals surface area contributed by atoms with Crippen LogP contribution in [0.4, 0.5) is 0 Å². The van der Waals surface area contributed by atoms with Gasteiger partial charge < -0.3 is 0 Å². The van der Waals surface area contributed by atoms with Gasteiger partial charge in [-0.3, -0.25) is 4.98 Å². The molecule has 0 N–H and O–H groups in total. The molecular formula is C26H17ClN4. The normalized spacial score (nSPS) is 10.7. The molecule has 148 valence electrons. The molecule has 0 bridgehead atoms. The number of pyridine rings is 1. The van der Waals surface area contributed by atoms with Crippen molar-refractivity contribution in [1.29, 1.82) is 0 Å². The SMILES string of the molecule is Clc1ccc(-c2ccc(-c3nc(-c4ccccc4)nc(-c4ccccc4)n3)cc2)nc1. The van der Waals surface area contributed by atoms with E-state index in [1.807, 2.05) is 97.1 Å². The average Bonchev–Trinajstić information content (AvgIpc) is 2.85. The molecule has 0 aliphatic carbocycles. The Bertz CT molecular complexity index is 1250. The smallest absolute Gasteiger partial charge is 0.164 e. The quantitative estimate of drug-likeness (QED) is 0.329. The highest BCUT2D eigenvalue weighted by Crippen LogP contribution is 2.26. The fraction of sp³-hybridized carbons (Fsp3) is 0.